The van der Waals surface area contributed by atoms with Crippen molar-refractivity contribution in [1.82, 2.24) is 4.98 Å². The first-order valence-electron chi connectivity index (χ1n) is 6.58. The molecule has 6 heteroatoms. The molecule has 0 bridgehead atoms. The Kier molecular flexibility index (Phi) is 4.49. The summed E-state index contributed by atoms with van der Waals surface area (Å²) < 4.78 is 5.62. The number of benzene rings is 1. The van der Waals surface area contributed by atoms with E-state index in [0.717, 1.165) is 5.56 Å². The molecule has 2 rings (SSSR count). The molecule has 0 fully saturated rings. The number of hydrogen-bond donors (Lipinski definition) is 1. The summed E-state index contributed by atoms with van der Waals surface area (Å²) in [6.07, 6.45) is 1.47. The van der Waals surface area contributed by atoms with Gasteiger partial charge in [0.2, 0.25) is 0 Å². The second-order valence-electron chi connectivity index (χ2n) is 4.65. The van der Waals surface area contributed by atoms with Gasteiger partial charge < -0.3 is 9.84 Å². The zero-order valence-electron chi connectivity index (χ0n) is 11.8. The third kappa shape index (κ3) is 3.55. The van der Waals surface area contributed by atoms with Crippen LogP contribution in [-0.2, 0) is 0 Å². The standard InChI is InChI=1S/C15H16N2O4/c1-3-14(18)13-7-6-12(9-16-13)21-15-8-11(17(19)20)5-4-10(15)2/h4-9,14,18H,3H2,1-2H3/t14-/m0/s1. The molecule has 110 valence electrons. The molecule has 1 aromatic heterocycles. The van der Waals surface area contributed by atoms with Gasteiger partial charge in [0.25, 0.3) is 5.69 Å². The van der Waals surface area contributed by atoms with Gasteiger partial charge in [-0.15, -0.1) is 0 Å². The number of aliphatic hydroxyl groups is 1. The van der Waals surface area contributed by atoms with Gasteiger partial charge >= 0.3 is 0 Å². The molecule has 0 aliphatic heterocycles. The summed E-state index contributed by atoms with van der Waals surface area (Å²) in [5, 5.41) is 20.5. The molecular weight excluding hydrogens is 272 g/mol. The smallest absolute Gasteiger partial charge is 0.273 e. The maximum absolute atomic E-state index is 10.8. The van der Waals surface area contributed by atoms with E-state index in [1.807, 2.05) is 13.8 Å². The number of nitro groups is 1. The van der Waals surface area contributed by atoms with Gasteiger partial charge in [-0.3, -0.25) is 15.1 Å². The van der Waals surface area contributed by atoms with E-state index in [1.54, 1.807) is 18.2 Å². The number of nitro benzene ring substituents is 1. The van der Waals surface area contributed by atoms with Crippen molar-refractivity contribution in [2.45, 2.75) is 26.4 Å². The molecule has 0 radical (unpaired) electrons. The van der Waals surface area contributed by atoms with E-state index in [0.29, 0.717) is 23.6 Å². The fourth-order valence-corrected chi connectivity index (χ4v) is 1.80. The number of hydrogen-bond acceptors (Lipinski definition) is 5. The molecule has 1 atom stereocenters. The fraction of sp³-hybridized carbons (Fsp3) is 0.267. The maximum Gasteiger partial charge on any atom is 0.273 e. The zero-order valence-corrected chi connectivity index (χ0v) is 11.8. The monoisotopic (exact) mass is 288 g/mol. The number of pyridine rings is 1. The summed E-state index contributed by atoms with van der Waals surface area (Å²) in [7, 11) is 0. The molecule has 21 heavy (non-hydrogen) atoms. The molecular formula is C15H16N2O4. The van der Waals surface area contributed by atoms with Crippen molar-refractivity contribution in [3.63, 3.8) is 0 Å². The summed E-state index contributed by atoms with van der Waals surface area (Å²) in [4.78, 5) is 14.4. The van der Waals surface area contributed by atoms with E-state index in [1.165, 1.54) is 18.3 Å². The quantitative estimate of drug-likeness (QED) is 0.672. The third-order valence-electron chi connectivity index (χ3n) is 3.10. The van der Waals surface area contributed by atoms with Crippen molar-refractivity contribution < 1.29 is 14.8 Å². The molecule has 0 aliphatic carbocycles. The Morgan fingerprint density at radius 2 is 2.14 bits per heavy atom. The molecule has 0 amide bonds. The van der Waals surface area contributed by atoms with Gasteiger partial charge in [-0.25, -0.2) is 0 Å². The van der Waals surface area contributed by atoms with Crippen LogP contribution in [0, 0.1) is 17.0 Å². The first-order chi connectivity index (χ1) is 10.0. The molecule has 1 heterocycles. The van der Waals surface area contributed by atoms with Crippen LogP contribution in [0.5, 0.6) is 11.5 Å². The Bertz CT molecular complexity index is 641. The highest BCUT2D eigenvalue weighted by molar-refractivity contribution is 5.45. The second kappa shape index (κ2) is 6.32. The maximum atomic E-state index is 10.8. The number of nitrogens with zero attached hydrogens (tertiary/aromatic N) is 2. The highest BCUT2D eigenvalue weighted by atomic mass is 16.6. The van der Waals surface area contributed by atoms with Crippen molar-refractivity contribution in [2.24, 2.45) is 0 Å². The predicted octanol–water partition coefficient (Wildman–Crippen LogP) is 3.53. The van der Waals surface area contributed by atoms with Crippen LogP contribution >= 0.6 is 0 Å². The van der Waals surface area contributed by atoms with Crippen LogP contribution in [0.25, 0.3) is 0 Å². The van der Waals surface area contributed by atoms with Crippen molar-refractivity contribution in [1.29, 1.82) is 0 Å². The van der Waals surface area contributed by atoms with Crippen molar-refractivity contribution in [3.05, 3.63) is 57.9 Å². The molecule has 6 nitrogen and oxygen atoms in total. The van der Waals surface area contributed by atoms with Crippen LogP contribution in [0.4, 0.5) is 5.69 Å². The molecule has 1 aromatic carbocycles. The lowest BCUT2D eigenvalue weighted by Gasteiger charge is -2.10. The third-order valence-corrected chi connectivity index (χ3v) is 3.10. The topological polar surface area (TPSA) is 85.5 Å². The summed E-state index contributed by atoms with van der Waals surface area (Å²) in [6, 6.07) is 7.80. The number of rotatable bonds is 5. The van der Waals surface area contributed by atoms with Crippen molar-refractivity contribution in [2.75, 3.05) is 0 Å². The van der Waals surface area contributed by atoms with Crippen LogP contribution < -0.4 is 4.74 Å². The minimum absolute atomic E-state index is 0.0263. The summed E-state index contributed by atoms with van der Waals surface area (Å²) in [6.45, 7) is 3.67. The van der Waals surface area contributed by atoms with Crippen LogP contribution in [-0.4, -0.2) is 15.0 Å². The first-order valence-corrected chi connectivity index (χ1v) is 6.58. The summed E-state index contributed by atoms with van der Waals surface area (Å²) >= 11 is 0. The Morgan fingerprint density at radius 3 is 2.71 bits per heavy atom. The Labute approximate surface area is 122 Å². The Balaban J connectivity index is 2.22. The highest BCUT2D eigenvalue weighted by Gasteiger charge is 2.11. The van der Waals surface area contributed by atoms with Crippen LogP contribution in [0.1, 0.15) is 30.7 Å². The number of aromatic nitrogens is 1. The molecule has 0 spiro atoms. The molecule has 0 saturated carbocycles. The molecule has 0 unspecified atom stereocenters. The number of ether oxygens (including phenoxy) is 1. The van der Waals surface area contributed by atoms with Crippen molar-refractivity contribution in [3.8, 4) is 11.5 Å². The normalized spacial score (nSPS) is 12.0. The van der Waals surface area contributed by atoms with Crippen LogP contribution in [0.2, 0.25) is 0 Å². The van der Waals surface area contributed by atoms with E-state index in [9.17, 15) is 15.2 Å². The zero-order chi connectivity index (χ0) is 15.4. The van der Waals surface area contributed by atoms with E-state index in [-0.39, 0.29) is 5.69 Å². The Morgan fingerprint density at radius 1 is 1.38 bits per heavy atom. The van der Waals surface area contributed by atoms with E-state index in [4.69, 9.17) is 4.74 Å². The first kappa shape index (κ1) is 14.9. The molecule has 0 saturated heterocycles. The average molecular weight is 288 g/mol. The SMILES string of the molecule is CC[C@H](O)c1ccc(Oc2cc([N+](=O)[O-])ccc2C)cn1. The number of aliphatic hydroxyl groups excluding tert-OH is 1. The number of non-ortho nitro benzene ring substituents is 1. The van der Waals surface area contributed by atoms with Gasteiger partial charge in [-0.2, -0.15) is 0 Å². The van der Waals surface area contributed by atoms with E-state index >= 15 is 0 Å². The van der Waals surface area contributed by atoms with Gasteiger partial charge in [-0.1, -0.05) is 6.92 Å². The van der Waals surface area contributed by atoms with Crippen LogP contribution in [0.3, 0.4) is 0 Å². The lowest BCUT2D eigenvalue weighted by Crippen LogP contribution is -1.98. The highest BCUT2D eigenvalue weighted by Crippen LogP contribution is 2.29. The van der Waals surface area contributed by atoms with Gasteiger partial charge in [0.05, 0.1) is 29.0 Å². The van der Waals surface area contributed by atoms with E-state index in [2.05, 4.69) is 4.98 Å². The lowest BCUT2D eigenvalue weighted by molar-refractivity contribution is -0.384. The molecule has 0 aliphatic rings. The summed E-state index contributed by atoms with van der Waals surface area (Å²) in [5.41, 5.74) is 1.33. The van der Waals surface area contributed by atoms with Gasteiger partial charge in [0, 0.05) is 6.07 Å². The average Bonchev–Trinajstić information content (AvgIpc) is 2.49. The second-order valence-corrected chi connectivity index (χ2v) is 4.65. The summed E-state index contributed by atoms with van der Waals surface area (Å²) in [5.74, 6) is 0.875. The largest absolute Gasteiger partial charge is 0.455 e. The van der Waals surface area contributed by atoms with E-state index < -0.39 is 11.0 Å². The minimum atomic E-state index is -0.599. The van der Waals surface area contributed by atoms with Gasteiger partial charge in [0.1, 0.15) is 11.5 Å². The predicted molar refractivity (Wildman–Crippen MR) is 77.4 cm³/mol. The van der Waals surface area contributed by atoms with Crippen molar-refractivity contribution >= 4 is 5.69 Å². The molecule has 1 N–H and O–H groups in total. The van der Waals surface area contributed by atoms with Gasteiger partial charge in [-0.05, 0) is 37.1 Å². The molecule has 2 aromatic rings. The van der Waals surface area contributed by atoms with Crippen LogP contribution in [0.15, 0.2) is 36.5 Å². The lowest BCUT2D eigenvalue weighted by atomic mass is 10.2. The number of aryl methyl sites for hydroxylation is 1. The minimum Gasteiger partial charge on any atom is -0.455 e. The fourth-order valence-electron chi connectivity index (χ4n) is 1.80. The van der Waals surface area contributed by atoms with Gasteiger partial charge in [0.15, 0.2) is 0 Å². The Hall–Kier alpha value is -2.47.